The second-order valence-electron chi connectivity index (χ2n) is 10.7. The molecular formula is C33H36N4O6S2. The van der Waals surface area contributed by atoms with Crippen molar-refractivity contribution in [2.45, 2.75) is 68.6 Å². The summed E-state index contributed by atoms with van der Waals surface area (Å²) >= 11 is 3.21. The average molecular weight is 649 g/mol. The molecule has 1 aromatic heterocycles. The Balaban J connectivity index is 1.24. The lowest BCUT2D eigenvalue weighted by molar-refractivity contribution is -0.245. The number of aliphatic hydroxyl groups is 1. The van der Waals surface area contributed by atoms with Crippen molar-refractivity contribution in [3.05, 3.63) is 100 Å². The van der Waals surface area contributed by atoms with Crippen molar-refractivity contribution in [3.8, 4) is 11.1 Å². The normalized spacial score (nSPS) is 18.0. The number of aromatic nitrogens is 2. The molecular weight excluding hydrogens is 613 g/mol. The summed E-state index contributed by atoms with van der Waals surface area (Å²) < 4.78 is 13.9. The number of nitrogens with one attached hydrogen (secondary N) is 2. The van der Waals surface area contributed by atoms with Crippen LogP contribution in [0.3, 0.4) is 0 Å². The number of hydroxylamine groups is 1. The average Bonchev–Trinajstić information content (AvgIpc) is 3.51. The number of hydrogen-bond acceptors (Lipinski definition) is 10. The second-order valence-corrected chi connectivity index (χ2v) is 13.2. The van der Waals surface area contributed by atoms with Gasteiger partial charge in [-0.25, -0.2) is 5.48 Å². The van der Waals surface area contributed by atoms with Gasteiger partial charge in [0.15, 0.2) is 10.6 Å². The minimum Gasteiger partial charge on any atom is -0.392 e. The zero-order chi connectivity index (χ0) is 31.6. The molecule has 10 nitrogen and oxygen atoms in total. The molecule has 0 spiro atoms. The van der Waals surface area contributed by atoms with E-state index in [9.17, 15) is 14.7 Å². The number of rotatable bonds is 13. The van der Waals surface area contributed by atoms with Gasteiger partial charge < -0.3 is 19.9 Å². The molecule has 0 bridgehead atoms. The van der Waals surface area contributed by atoms with Crippen LogP contribution >= 0.6 is 23.1 Å². The third-order valence-corrected chi connectivity index (χ3v) is 9.48. The van der Waals surface area contributed by atoms with E-state index in [0.29, 0.717) is 19.4 Å². The molecule has 1 saturated heterocycles. The standard InChI is InChI=1S/C33H36N4O6S2/c1-21-35-36-33(45-21)44-20-28-17-29(25-10-8-22(19-38)9-11-25)43-32(42-28)26-14-12-24(13-15-26)27-5-2-4-23(16-27)18-34-30(39)6-3-7-31(40)37-41/h2,4-5,8-16,28-29,32,38,41H,3,6-7,17-20H2,1H3,(H,34,39)(H,37,40)/t28-,29+,32+/m1/s1. The zero-order valence-electron chi connectivity index (χ0n) is 24.8. The molecule has 3 aromatic carbocycles. The van der Waals surface area contributed by atoms with E-state index in [1.165, 1.54) is 0 Å². The van der Waals surface area contributed by atoms with E-state index in [1.54, 1.807) is 28.6 Å². The Labute approximate surface area is 270 Å². The highest BCUT2D eigenvalue weighted by Gasteiger charge is 2.32. The summed E-state index contributed by atoms with van der Waals surface area (Å²) in [7, 11) is 0. The van der Waals surface area contributed by atoms with E-state index in [2.05, 4.69) is 15.5 Å². The Morgan fingerprint density at radius 3 is 2.40 bits per heavy atom. The van der Waals surface area contributed by atoms with Gasteiger partial charge in [0.25, 0.3) is 0 Å². The SMILES string of the molecule is Cc1nnc(SC[C@H]2C[C@@H](c3ccc(CO)cc3)O[C@@H](c3ccc(-c4cccc(CNC(=O)CCCC(=O)NO)c4)cc3)O2)s1. The topological polar surface area (TPSA) is 143 Å². The highest BCUT2D eigenvalue weighted by Crippen LogP contribution is 2.40. The fourth-order valence-electron chi connectivity index (χ4n) is 4.97. The van der Waals surface area contributed by atoms with Gasteiger partial charge in [0.2, 0.25) is 11.8 Å². The molecule has 2 heterocycles. The van der Waals surface area contributed by atoms with Crippen molar-refractivity contribution in [1.29, 1.82) is 0 Å². The Morgan fingerprint density at radius 2 is 1.69 bits per heavy atom. The Kier molecular flexibility index (Phi) is 11.7. The lowest BCUT2D eigenvalue weighted by Crippen LogP contribution is -2.31. The molecule has 5 rings (SSSR count). The molecule has 0 radical (unpaired) electrons. The Morgan fingerprint density at radius 1 is 0.933 bits per heavy atom. The van der Waals surface area contributed by atoms with Crippen LogP contribution in [0.5, 0.6) is 0 Å². The van der Waals surface area contributed by atoms with Gasteiger partial charge >= 0.3 is 0 Å². The van der Waals surface area contributed by atoms with Crippen LogP contribution < -0.4 is 10.8 Å². The lowest BCUT2D eigenvalue weighted by Gasteiger charge is -2.36. The summed E-state index contributed by atoms with van der Waals surface area (Å²) in [4.78, 5) is 23.3. The van der Waals surface area contributed by atoms with Gasteiger partial charge in [-0.3, -0.25) is 14.8 Å². The summed E-state index contributed by atoms with van der Waals surface area (Å²) in [5.41, 5.74) is 7.37. The molecule has 2 amide bonds. The number of amides is 2. The van der Waals surface area contributed by atoms with Gasteiger partial charge in [-0.2, -0.15) is 0 Å². The Hall–Kier alpha value is -3.65. The third kappa shape index (κ3) is 9.42. The Bertz CT molecular complexity index is 1560. The molecule has 1 aliphatic heterocycles. The maximum atomic E-state index is 12.2. The van der Waals surface area contributed by atoms with Gasteiger partial charge in [0, 0.05) is 37.1 Å². The predicted molar refractivity (Wildman–Crippen MR) is 171 cm³/mol. The fraction of sp³-hybridized carbons (Fsp3) is 0.333. The number of thioether (sulfide) groups is 1. The number of benzene rings is 3. The molecule has 236 valence electrons. The third-order valence-electron chi connectivity index (χ3n) is 7.38. The van der Waals surface area contributed by atoms with Crippen LogP contribution in [0.15, 0.2) is 77.1 Å². The number of carbonyl (C=O) groups excluding carboxylic acids is 2. The minimum atomic E-state index is -0.554. The first-order valence-electron chi connectivity index (χ1n) is 14.7. The van der Waals surface area contributed by atoms with Crippen molar-refractivity contribution in [1.82, 2.24) is 21.0 Å². The molecule has 1 fully saturated rings. The van der Waals surface area contributed by atoms with Crippen LogP contribution in [0.1, 0.15) is 65.3 Å². The summed E-state index contributed by atoms with van der Waals surface area (Å²) in [6, 6.07) is 23.9. The maximum absolute atomic E-state index is 12.2. The monoisotopic (exact) mass is 648 g/mol. The quantitative estimate of drug-likeness (QED) is 0.0824. The van der Waals surface area contributed by atoms with E-state index in [1.807, 2.05) is 79.7 Å². The number of ether oxygens (including phenoxy) is 2. The van der Waals surface area contributed by atoms with Crippen LogP contribution in [0, 0.1) is 6.92 Å². The van der Waals surface area contributed by atoms with Crippen LogP contribution in [-0.2, 0) is 32.2 Å². The minimum absolute atomic E-state index is 0.00461. The van der Waals surface area contributed by atoms with Crippen LogP contribution in [0.4, 0.5) is 0 Å². The van der Waals surface area contributed by atoms with Crippen molar-refractivity contribution >= 4 is 34.9 Å². The zero-order valence-corrected chi connectivity index (χ0v) is 26.5. The molecule has 0 saturated carbocycles. The molecule has 12 heteroatoms. The number of aryl methyl sites for hydroxylation is 1. The number of hydrogen-bond donors (Lipinski definition) is 4. The smallest absolute Gasteiger partial charge is 0.243 e. The van der Waals surface area contributed by atoms with E-state index in [-0.39, 0.29) is 37.6 Å². The first-order valence-corrected chi connectivity index (χ1v) is 16.5. The summed E-state index contributed by atoms with van der Waals surface area (Å²) in [5.74, 6) is 0.0645. The van der Waals surface area contributed by atoms with Gasteiger partial charge in [0.1, 0.15) is 5.01 Å². The van der Waals surface area contributed by atoms with E-state index in [0.717, 1.165) is 48.5 Å². The van der Waals surface area contributed by atoms with Gasteiger partial charge in [0.05, 0.1) is 18.8 Å². The molecule has 3 atom stereocenters. The first-order chi connectivity index (χ1) is 21.9. The summed E-state index contributed by atoms with van der Waals surface area (Å²) in [6.07, 6.45) is 0.555. The first kappa shape index (κ1) is 32.7. The maximum Gasteiger partial charge on any atom is 0.243 e. The fourth-order valence-corrected chi connectivity index (χ4v) is 6.83. The van der Waals surface area contributed by atoms with Crippen molar-refractivity contribution in [2.24, 2.45) is 0 Å². The van der Waals surface area contributed by atoms with Crippen LogP contribution in [0.2, 0.25) is 0 Å². The van der Waals surface area contributed by atoms with E-state index < -0.39 is 12.2 Å². The molecule has 0 unspecified atom stereocenters. The molecule has 4 N–H and O–H groups in total. The van der Waals surface area contributed by atoms with Crippen molar-refractivity contribution in [2.75, 3.05) is 5.75 Å². The molecule has 45 heavy (non-hydrogen) atoms. The number of carbonyl (C=O) groups is 2. The van der Waals surface area contributed by atoms with Gasteiger partial charge in [-0.05, 0) is 47.2 Å². The summed E-state index contributed by atoms with van der Waals surface area (Å²) in [5, 5.41) is 30.2. The number of aliphatic hydroxyl groups excluding tert-OH is 1. The van der Waals surface area contributed by atoms with Crippen LogP contribution in [0.25, 0.3) is 11.1 Å². The van der Waals surface area contributed by atoms with Gasteiger partial charge in [-0.15, -0.1) is 10.2 Å². The summed E-state index contributed by atoms with van der Waals surface area (Å²) in [6.45, 7) is 2.31. The van der Waals surface area contributed by atoms with E-state index >= 15 is 0 Å². The predicted octanol–water partition coefficient (Wildman–Crippen LogP) is 5.64. The molecule has 0 aliphatic carbocycles. The number of nitrogens with zero attached hydrogens (tertiary/aromatic N) is 2. The molecule has 4 aromatic rings. The largest absolute Gasteiger partial charge is 0.392 e. The highest BCUT2D eigenvalue weighted by molar-refractivity contribution is 8.01. The molecule has 1 aliphatic rings. The van der Waals surface area contributed by atoms with Gasteiger partial charge in [-0.1, -0.05) is 89.8 Å². The van der Waals surface area contributed by atoms with E-state index in [4.69, 9.17) is 14.7 Å². The highest BCUT2D eigenvalue weighted by atomic mass is 32.2. The second kappa shape index (κ2) is 16.1. The lowest BCUT2D eigenvalue weighted by atomic mass is 9.99. The van der Waals surface area contributed by atoms with Crippen molar-refractivity contribution in [3.63, 3.8) is 0 Å². The van der Waals surface area contributed by atoms with Crippen molar-refractivity contribution < 1.29 is 29.4 Å². The van der Waals surface area contributed by atoms with Crippen LogP contribution in [-0.4, -0.2) is 44.2 Å².